The van der Waals surface area contributed by atoms with Gasteiger partial charge < -0.3 is 18.6 Å². The third-order valence-electron chi connectivity index (χ3n) is 5.46. The van der Waals surface area contributed by atoms with Crippen LogP contribution in [0, 0.1) is 0 Å². The topological polar surface area (TPSA) is 88.2 Å². The first-order chi connectivity index (χ1) is 15.6. The molecule has 0 saturated carbocycles. The van der Waals surface area contributed by atoms with E-state index in [1.54, 1.807) is 12.4 Å². The minimum absolute atomic E-state index is 0.534. The lowest BCUT2D eigenvalue weighted by atomic mass is 10.2. The number of hydrogen-bond acceptors (Lipinski definition) is 6. The number of nitrogens with zero attached hydrogens (tertiary/aromatic N) is 4. The third kappa shape index (κ3) is 4.49. The molecule has 32 heavy (non-hydrogen) atoms. The van der Waals surface area contributed by atoms with Gasteiger partial charge in [0.1, 0.15) is 11.0 Å². The summed E-state index contributed by atoms with van der Waals surface area (Å²) >= 11 is 0. The molecule has 0 unspecified atom stereocenters. The van der Waals surface area contributed by atoms with E-state index in [0.29, 0.717) is 47.1 Å². The van der Waals surface area contributed by atoms with Crippen LogP contribution in [0.1, 0.15) is 46.4 Å². The number of hydrogen-bond donors (Lipinski definition) is 0. The number of ether oxygens (including phenoxy) is 2. The second-order valence-corrected chi connectivity index (χ2v) is 7.77. The summed E-state index contributed by atoms with van der Waals surface area (Å²) in [7, 11) is 3.78. The van der Waals surface area contributed by atoms with Gasteiger partial charge in [0, 0.05) is 38.6 Å². The van der Waals surface area contributed by atoms with E-state index in [4.69, 9.17) is 9.47 Å². The number of unbranched alkanes of at least 4 members (excludes halogenated alkanes) is 3. The first-order valence-electron chi connectivity index (χ1n) is 10.7. The van der Waals surface area contributed by atoms with Crippen LogP contribution in [0.15, 0.2) is 36.7 Å². The van der Waals surface area contributed by atoms with Crippen molar-refractivity contribution in [1.29, 1.82) is 0 Å². The molecule has 8 heteroatoms. The van der Waals surface area contributed by atoms with Gasteiger partial charge in [-0.25, -0.2) is 9.97 Å². The van der Waals surface area contributed by atoms with Gasteiger partial charge in [0.25, 0.3) is 0 Å². The molecule has 0 aromatic carbocycles. The fraction of sp³-hybridized carbons (Fsp3) is 0.333. The van der Waals surface area contributed by atoms with E-state index in [-0.39, 0.29) is 0 Å². The Kier molecular flexibility index (Phi) is 6.49. The molecule has 4 aromatic heterocycles. The number of aldehydes is 2. The van der Waals surface area contributed by atoms with Gasteiger partial charge in [-0.15, -0.1) is 0 Å². The van der Waals surface area contributed by atoms with E-state index in [1.807, 2.05) is 47.5 Å². The van der Waals surface area contributed by atoms with Crippen molar-refractivity contribution in [3.63, 3.8) is 0 Å². The highest BCUT2D eigenvalue weighted by Crippen LogP contribution is 2.22. The number of pyridine rings is 2. The standard InChI is InChI=1S/C24H26N4O4/c1-27-13-17(15-29)23-19(27)7-9-21(25-23)31-11-5-3-4-6-12-32-22-10-8-20-24(26-22)18(16-30)14-28(20)2/h7-10,13-16H,3-6,11-12H2,1-2H3. The van der Waals surface area contributed by atoms with Crippen LogP contribution in [-0.2, 0) is 14.1 Å². The van der Waals surface area contributed by atoms with Gasteiger partial charge in [-0.2, -0.15) is 0 Å². The maximum absolute atomic E-state index is 11.2. The molecule has 8 nitrogen and oxygen atoms in total. The first kappa shape index (κ1) is 21.5. The summed E-state index contributed by atoms with van der Waals surface area (Å²) in [6.45, 7) is 1.15. The number of fused-ring (bicyclic) bond motifs is 2. The van der Waals surface area contributed by atoms with Gasteiger partial charge in [-0.1, -0.05) is 0 Å². The van der Waals surface area contributed by atoms with Crippen molar-refractivity contribution in [3.8, 4) is 11.8 Å². The van der Waals surface area contributed by atoms with Gasteiger partial charge >= 0.3 is 0 Å². The average Bonchev–Trinajstić information content (AvgIpc) is 3.31. The van der Waals surface area contributed by atoms with Crippen molar-refractivity contribution < 1.29 is 19.1 Å². The molecule has 0 bridgehead atoms. The molecular weight excluding hydrogens is 408 g/mol. The van der Waals surface area contributed by atoms with Crippen molar-refractivity contribution >= 4 is 34.6 Å². The summed E-state index contributed by atoms with van der Waals surface area (Å²) < 4.78 is 15.3. The van der Waals surface area contributed by atoms with Crippen molar-refractivity contribution in [2.24, 2.45) is 14.1 Å². The molecule has 0 spiro atoms. The lowest BCUT2D eigenvalue weighted by molar-refractivity contribution is 0.111. The minimum Gasteiger partial charge on any atom is -0.478 e. The van der Waals surface area contributed by atoms with Crippen LogP contribution in [0.25, 0.3) is 22.1 Å². The summed E-state index contributed by atoms with van der Waals surface area (Å²) in [5.74, 6) is 1.07. The monoisotopic (exact) mass is 434 g/mol. The van der Waals surface area contributed by atoms with Crippen LogP contribution in [0.3, 0.4) is 0 Å². The molecule has 4 aromatic rings. The summed E-state index contributed by atoms with van der Waals surface area (Å²) in [5.41, 5.74) is 4.28. The Hall–Kier alpha value is -3.68. The van der Waals surface area contributed by atoms with Crippen LogP contribution < -0.4 is 9.47 Å². The SMILES string of the molecule is Cn1cc(C=O)c2nc(OCCCCCCOc3ccc4c(n3)c(C=O)cn4C)ccc21. The molecule has 0 fully saturated rings. The smallest absolute Gasteiger partial charge is 0.213 e. The van der Waals surface area contributed by atoms with E-state index >= 15 is 0 Å². The number of aryl methyl sites for hydroxylation is 2. The van der Waals surface area contributed by atoms with Crippen molar-refractivity contribution in [1.82, 2.24) is 19.1 Å². The molecule has 0 saturated heterocycles. The average molecular weight is 434 g/mol. The van der Waals surface area contributed by atoms with Crippen LogP contribution in [0.4, 0.5) is 0 Å². The molecule has 0 amide bonds. The summed E-state index contributed by atoms with van der Waals surface area (Å²) in [5, 5.41) is 0. The molecule has 0 atom stereocenters. The Morgan fingerprint density at radius 1 is 0.719 bits per heavy atom. The predicted octanol–water partition coefficient (Wildman–Crippen LogP) is 4.10. The molecule has 0 aliphatic heterocycles. The van der Waals surface area contributed by atoms with Crippen LogP contribution >= 0.6 is 0 Å². The number of rotatable bonds is 11. The maximum atomic E-state index is 11.2. The zero-order chi connectivity index (χ0) is 22.5. The predicted molar refractivity (Wildman–Crippen MR) is 122 cm³/mol. The van der Waals surface area contributed by atoms with E-state index < -0.39 is 0 Å². The molecule has 166 valence electrons. The zero-order valence-electron chi connectivity index (χ0n) is 18.3. The molecular formula is C24H26N4O4. The van der Waals surface area contributed by atoms with E-state index in [9.17, 15) is 9.59 Å². The number of carbonyl (C=O) groups excluding carboxylic acids is 2. The fourth-order valence-electron chi connectivity index (χ4n) is 3.78. The molecule has 4 heterocycles. The highest BCUT2D eigenvalue weighted by Gasteiger charge is 2.10. The largest absolute Gasteiger partial charge is 0.478 e. The molecule has 4 rings (SSSR count). The third-order valence-corrected chi connectivity index (χ3v) is 5.46. The summed E-state index contributed by atoms with van der Waals surface area (Å²) in [6, 6.07) is 7.50. The minimum atomic E-state index is 0.534. The van der Waals surface area contributed by atoms with Crippen LogP contribution in [0.2, 0.25) is 0 Å². The number of aromatic nitrogens is 4. The van der Waals surface area contributed by atoms with E-state index in [2.05, 4.69) is 9.97 Å². The number of carbonyl (C=O) groups is 2. The summed E-state index contributed by atoms with van der Waals surface area (Å²) in [4.78, 5) is 31.3. The Morgan fingerprint density at radius 3 is 1.56 bits per heavy atom. The second kappa shape index (κ2) is 9.64. The van der Waals surface area contributed by atoms with Gasteiger partial charge in [0.2, 0.25) is 11.8 Å². The Morgan fingerprint density at radius 2 is 1.16 bits per heavy atom. The highest BCUT2D eigenvalue weighted by molar-refractivity contribution is 5.96. The molecule has 0 radical (unpaired) electrons. The van der Waals surface area contributed by atoms with E-state index in [0.717, 1.165) is 49.3 Å². The fourth-order valence-corrected chi connectivity index (χ4v) is 3.78. The lowest BCUT2D eigenvalue weighted by Gasteiger charge is -2.07. The quantitative estimate of drug-likeness (QED) is 0.261. The summed E-state index contributed by atoms with van der Waals surface area (Å²) in [6.07, 6.45) is 9.01. The van der Waals surface area contributed by atoms with Crippen LogP contribution in [-0.4, -0.2) is 44.9 Å². The normalized spacial score (nSPS) is 11.2. The maximum Gasteiger partial charge on any atom is 0.213 e. The molecule has 0 aliphatic rings. The van der Waals surface area contributed by atoms with Gasteiger partial charge in [0.15, 0.2) is 12.6 Å². The van der Waals surface area contributed by atoms with Gasteiger partial charge in [-0.05, 0) is 37.8 Å². The van der Waals surface area contributed by atoms with Crippen molar-refractivity contribution in [2.75, 3.05) is 13.2 Å². The lowest BCUT2D eigenvalue weighted by Crippen LogP contribution is -2.02. The van der Waals surface area contributed by atoms with Gasteiger partial charge in [-0.3, -0.25) is 9.59 Å². The van der Waals surface area contributed by atoms with Gasteiger partial charge in [0.05, 0.1) is 35.4 Å². The van der Waals surface area contributed by atoms with E-state index in [1.165, 1.54) is 0 Å². The second-order valence-electron chi connectivity index (χ2n) is 7.77. The first-order valence-corrected chi connectivity index (χ1v) is 10.7. The van der Waals surface area contributed by atoms with Crippen LogP contribution in [0.5, 0.6) is 11.8 Å². The highest BCUT2D eigenvalue weighted by atomic mass is 16.5. The Balaban J connectivity index is 1.17. The Labute approximate surface area is 185 Å². The van der Waals surface area contributed by atoms with Crippen molar-refractivity contribution in [2.45, 2.75) is 25.7 Å². The zero-order valence-corrected chi connectivity index (χ0v) is 18.3. The van der Waals surface area contributed by atoms with Crippen molar-refractivity contribution in [3.05, 3.63) is 47.8 Å². The Bertz CT molecular complexity index is 1160. The molecule has 0 N–H and O–H groups in total. The molecule has 0 aliphatic carbocycles.